The lowest BCUT2D eigenvalue weighted by molar-refractivity contribution is -0.139. The summed E-state index contributed by atoms with van der Waals surface area (Å²) in [6, 6.07) is 0. The molecule has 3 nitrogen and oxygen atoms in total. The molecule has 0 aromatic heterocycles. The Morgan fingerprint density at radius 3 is 2.41 bits per heavy atom. The van der Waals surface area contributed by atoms with E-state index in [0.29, 0.717) is 17.4 Å². The molecule has 39 heavy (non-hydrogen) atoms. The number of hydrogen-bond acceptors (Lipinski definition) is 3. The molecular weight excluding hydrogens is 480 g/mol. The molecule has 0 bridgehead atoms. The van der Waals surface area contributed by atoms with Crippen molar-refractivity contribution in [2.75, 3.05) is 13.2 Å². The summed E-state index contributed by atoms with van der Waals surface area (Å²) < 4.78 is 5.19. The number of carbonyl (C=O) groups is 1. The molecule has 0 spiro atoms. The number of esters is 1. The van der Waals surface area contributed by atoms with Crippen LogP contribution in [0.4, 0.5) is 0 Å². The number of carbonyl (C=O) groups excluding carboxylic acids is 1. The molecule has 4 unspecified atom stereocenters. The molecular formula is C36H62O3. The summed E-state index contributed by atoms with van der Waals surface area (Å²) in [5, 5.41) is 9.72. The van der Waals surface area contributed by atoms with E-state index in [1.807, 2.05) is 0 Å². The second-order valence-electron chi connectivity index (χ2n) is 15.6. The van der Waals surface area contributed by atoms with Gasteiger partial charge in [-0.25, -0.2) is 4.79 Å². The summed E-state index contributed by atoms with van der Waals surface area (Å²) in [5.41, 5.74) is 1.16. The standard InChI is InChI=1S/C36H62O3/c1-7-34(38)39-24-28(23-37)13-9-12-27-18-20-35(5)29(22-27)14-15-30-32-17-16-31(26(4)11-8-10-25(2)3)36(32,6)21-19-33(30)35/h7,25-33,37H,1,8-24H2,2-6H3/t26-,27+,28?,29?,30+,31-,32?,33?,35+,36-/m1/s1. The van der Waals surface area contributed by atoms with Crippen LogP contribution in [0.1, 0.15) is 131 Å². The molecule has 4 aliphatic carbocycles. The summed E-state index contributed by atoms with van der Waals surface area (Å²) in [5.74, 6) is 7.05. The van der Waals surface area contributed by atoms with Crippen molar-refractivity contribution in [2.24, 2.45) is 64.1 Å². The van der Waals surface area contributed by atoms with Gasteiger partial charge in [-0.3, -0.25) is 0 Å². The highest BCUT2D eigenvalue weighted by Crippen LogP contribution is 2.68. The van der Waals surface area contributed by atoms with Crippen molar-refractivity contribution in [1.82, 2.24) is 0 Å². The van der Waals surface area contributed by atoms with Crippen LogP contribution in [-0.2, 0) is 9.53 Å². The van der Waals surface area contributed by atoms with Crippen LogP contribution in [0.2, 0.25) is 0 Å². The van der Waals surface area contributed by atoms with Crippen molar-refractivity contribution < 1.29 is 14.6 Å². The quantitative estimate of drug-likeness (QED) is 0.186. The van der Waals surface area contributed by atoms with Gasteiger partial charge in [0.2, 0.25) is 0 Å². The van der Waals surface area contributed by atoms with Gasteiger partial charge in [0.1, 0.15) is 0 Å². The van der Waals surface area contributed by atoms with E-state index in [-0.39, 0.29) is 18.5 Å². The molecule has 1 N–H and O–H groups in total. The van der Waals surface area contributed by atoms with E-state index in [1.165, 1.54) is 89.5 Å². The van der Waals surface area contributed by atoms with Crippen molar-refractivity contribution in [2.45, 2.75) is 131 Å². The summed E-state index contributed by atoms with van der Waals surface area (Å²) in [7, 11) is 0. The van der Waals surface area contributed by atoms with Crippen molar-refractivity contribution >= 4 is 5.97 Å². The van der Waals surface area contributed by atoms with Gasteiger partial charge >= 0.3 is 5.97 Å². The first-order valence-corrected chi connectivity index (χ1v) is 17.0. The Kier molecular flexibility index (Phi) is 10.7. The molecule has 0 aliphatic heterocycles. The molecule has 0 saturated heterocycles. The second kappa shape index (κ2) is 13.4. The van der Waals surface area contributed by atoms with Crippen LogP contribution >= 0.6 is 0 Å². The summed E-state index contributed by atoms with van der Waals surface area (Å²) in [6.07, 6.45) is 22.0. The van der Waals surface area contributed by atoms with Crippen LogP contribution in [0.3, 0.4) is 0 Å². The topological polar surface area (TPSA) is 46.5 Å². The molecule has 4 saturated carbocycles. The zero-order chi connectivity index (χ0) is 28.2. The number of ether oxygens (including phenoxy) is 1. The van der Waals surface area contributed by atoms with Gasteiger partial charge in [-0.15, -0.1) is 0 Å². The van der Waals surface area contributed by atoms with E-state index in [9.17, 15) is 9.90 Å². The molecule has 0 heterocycles. The van der Waals surface area contributed by atoms with Crippen LogP contribution in [0.5, 0.6) is 0 Å². The van der Waals surface area contributed by atoms with Crippen LogP contribution in [-0.4, -0.2) is 24.3 Å². The van der Waals surface area contributed by atoms with Crippen LogP contribution in [0, 0.1) is 64.1 Å². The molecule has 224 valence electrons. The van der Waals surface area contributed by atoms with Gasteiger partial charge in [0.25, 0.3) is 0 Å². The Balaban J connectivity index is 1.29. The number of fused-ring (bicyclic) bond motifs is 5. The SMILES string of the molecule is C=CC(=O)OCC(CO)CCC[C@H]1CC[C@@]2(C)C(CC[C@@H]3C2CC[C@@]2(C)C3CC[C@@H]2[C@H](C)CCCC(C)C)C1. The van der Waals surface area contributed by atoms with Gasteiger partial charge in [-0.1, -0.05) is 73.3 Å². The second-order valence-corrected chi connectivity index (χ2v) is 15.6. The summed E-state index contributed by atoms with van der Waals surface area (Å²) in [6.45, 7) is 16.7. The summed E-state index contributed by atoms with van der Waals surface area (Å²) >= 11 is 0. The van der Waals surface area contributed by atoms with Crippen LogP contribution in [0.15, 0.2) is 12.7 Å². The molecule has 0 aromatic rings. The maximum Gasteiger partial charge on any atom is 0.330 e. The van der Waals surface area contributed by atoms with Gasteiger partial charge in [0, 0.05) is 18.6 Å². The van der Waals surface area contributed by atoms with E-state index in [4.69, 9.17) is 4.74 Å². The Labute approximate surface area is 241 Å². The molecule has 4 fully saturated rings. The first-order valence-electron chi connectivity index (χ1n) is 17.0. The predicted molar refractivity (Wildman–Crippen MR) is 162 cm³/mol. The van der Waals surface area contributed by atoms with Gasteiger partial charge in [-0.05, 0) is 122 Å². The average molecular weight is 543 g/mol. The molecule has 3 heteroatoms. The third-order valence-electron chi connectivity index (χ3n) is 13.1. The Morgan fingerprint density at radius 2 is 1.69 bits per heavy atom. The Bertz CT molecular complexity index is 805. The van der Waals surface area contributed by atoms with Crippen LogP contribution < -0.4 is 0 Å². The van der Waals surface area contributed by atoms with Crippen molar-refractivity contribution in [3.63, 3.8) is 0 Å². The third kappa shape index (κ3) is 6.81. The largest absolute Gasteiger partial charge is 0.462 e. The minimum atomic E-state index is -0.386. The zero-order valence-corrected chi connectivity index (χ0v) is 26.3. The predicted octanol–water partition coefficient (Wildman–Crippen LogP) is 9.23. The molecule has 0 amide bonds. The van der Waals surface area contributed by atoms with E-state index in [1.54, 1.807) is 0 Å². The monoisotopic (exact) mass is 542 g/mol. The van der Waals surface area contributed by atoms with Gasteiger partial charge in [-0.2, -0.15) is 0 Å². The smallest absolute Gasteiger partial charge is 0.330 e. The molecule has 10 atom stereocenters. The van der Waals surface area contributed by atoms with Gasteiger partial charge < -0.3 is 9.84 Å². The fourth-order valence-electron chi connectivity index (χ4n) is 10.8. The molecule has 4 aliphatic rings. The highest BCUT2D eigenvalue weighted by atomic mass is 16.5. The normalized spacial score (nSPS) is 39.4. The lowest BCUT2D eigenvalue weighted by Gasteiger charge is -2.61. The van der Waals surface area contributed by atoms with Crippen molar-refractivity contribution in [1.29, 1.82) is 0 Å². The molecule has 4 rings (SSSR count). The fourth-order valence-corrected chi connectivity index (χ4v) is 10.8. The van der Waals surface area contributed by atoms with E-state index in [2.05, 4.69) is 41.2 Å². The van der Waals surface area contributed by atoms with Crippen LogP contribution in [0.25, 0.3) is 0 Å². The highest BCUT2D eigenvalue weighted by molar-refractivity contribution is 5.81. The van der Waals surface area contributed by atoms with Crippen molar-refractivity contribution in [3.05, 3.63) is 12.7 Å². The number of rotatable bonds is 13. The molecule has 0 aromatic carbocycles. The van der Waals surface area contributed by atoms with Gasteiger partial charge in [0.15, 0.2) is 0 Å². The first kappa shape index (κ1) is 31.1. The maximum absolute atomic E-state index is 11.4. The minimum absolute atomic E-state index is 0.0582. The summed E-state index contributed by atoms with van der Waals surface area (Å²) in [4.78, 5) is 11.4. The van der Waals surface area contributed by atoms with E-state index >= 15 is 0 Å². The highest BCUT2D eigenvalue weighted by Gasteiger charge is 2.60. The fraction of sp³-hybridized carbons (Fsp3) is 0.917. The Morgan fingerprint density at radius 1 is 0.949 bits per heavy atom. The number of aliphatic hydroxyl groups excluding tert-OH is 1. The minimum Gasteiger partial charge on any atom is -0.462 e. The molecule has 0 radical (unpaired) electrons. The third-order valence-corrected chi connectivity index (χ3v) is 13.1. The van der Waals surface area contributed by atoms with E-state index in [0.717, 1.165) is 60.2 Å². The van der Waals surface area contributed by atoms with Gasteiger partial charge in [0.05, 0.1) is 6.61 Å². The lowest BCUT2D eigenvalue weighted by Crippen LogP contribution is -2.53. The number of hydrogen-bond donors (Lipinski definition) is 1. The van der Waals surface area contributed by atoms with Crippen molar-refractivity contribution in [3.8, 4) is 0 Å². The average Bonchev–Trinajstić information content (AvgIpc) is 3.27. The maximum atomic E-state index is 11.4. The van der Waals surface area contributed by atoms with E-state index < -0.39 is 0 Å². The number of aliphatic hydroxyl groups is 1. The zero-order valence-electron chi connectivity index (χ0n) is 26.3. The lowest BCUT2D eigenvalue weighted by atomic mass is 9.44. The first-order chi connectivity index (χ1) is 18.6. The Hall–Kier alpha value is -0.830.